The molecule has 6 heteroatoms. The Labute approximate surface area is 133 Å². The minimum absolute atomic E-state index is 0.0611. The zero-order chi connectivity index (χ0) is 16.6. The lowest BCUT2D eigenvalue weighted by Crippen LogP contribution is -2.39. The van der Waals surface area contributed by atoms with Crippen LogP contribution in [0.2, 0.25) is 0 Å². The van der Waals surface area contributed by atoms with Crippen molar-refractivity contribution in [1.29, 1.82) is 0 Å². The number of rotatable bonds is 4. The molecule has 0 aromatic heterocycles. The van der Waals surface area contributed by atoms with Crippen LogP contribution in [0, 0.1) is 29.9 Å². The second-order valence-electron chi connectivity index (χ2n) is 5.91. The summed E-state index contributed by atoms with van der Waals surface area (Å²) in [5.41, 5.74) is 0.263. The van der Waals surface area contributed by atoms with E-state index in [0.29, 0.717) is 0 Å². The number of anilines is 1. The zero-order valence-electron chi connectivity index (χ0n) is 12.5. The summed E-state index contributed by atoms with van der Waals surface area (Å²) in [6.45, 7) is 0.399. The molecular formula is C17H16F2N2O2. The van der Waals surface area contributed by atoms with Gasteiger partial charge >= 0.3 is 0 Å². The van der Waals surface area contributed by atoms with Crippen LogP contribution in [0.5, 0.6) is 0 Å². The fraction of sp³-hybridized carbons (Fsp3) is 0.412. The Bertz CT molecular complexity index is 694. The van der Waals surface area contributed by atoms with Gasteiger partial charge in [0.15, 0.2) is 11.6 Å². The Morgan fingerprint density at radius 3 is 2.70 bits per heavy atom. The quantitative estimate of drug-likeness (QED) is 0.796. The number of carbonyl (C=O) groups excluding carboxylic acids is 2. The lowest BCUT2D eigenvalue weighted by molar-refractivity contribution is -0.135. The Hall–Kier alpha value is -2.42. The van der Waals surface area contributed by atoms with Crippen LogP contribution < -0.4 is 4.90 Å². The summed E-state index contributed by atoms with van der Waals surface area (Å²) >= 11 is 0. The van der Waals surface area contributed by atoms with Crippen LogP contribution in [-0.4, -0.2) is 35.8 Å². The maximum atomic E-state index is 13.3. The summed E-state index contributed by atoms with van der Waals surface area (Å²) in [6, 6.07) is 3.46. The summed E-state index contributed by atoms with van der Waals surface area (Å²) < 4.78 is 26.4. The van der Waals surface area contributed by atoms with Crippen LogP contribution in [0.3, 0.4) is 0 Å². The molecule has 23 heavy (non-hydrogen) atoms. The second-order valence-corrected chi connectivity index (χ2v) is 5.91. The third-order valence-electron chi connectivity index (χ3n) is 4.22. The number of hydrogen-bond acceptors (Lipinski definition) is 2. The Morgan fingerprint density at radius 2 is 2.09 bits per heavy atom. The first-order valence-electron chi connectivity index (χ1n) is 7.50. The van der Waals surface area contributed by atoms with E-state index in [1.807, 2.05) is 0 Å². The summed E-state index contributed by atoms with van der Waals surface area (Å²) in [5, 5.41) is 0. The Kier molecular flexibility index (Phi) is 4.03. The molecule has 0 unspecified atom stereocenters. The van der Waals surface area contributed by atoms with Gasteiger partial charge in [-0.05, 0) is 25.0 Å². The number of halogens is 2. The predicted octanol–water partition coefficient (Wildman–Crippen LogP) is 1.94. The minimum atomic E-state index is -1.02. The summed E-state index contributed by atoms with van der Waals surface area (Å²) in [7, 11) is 0. The van der Waals surface area contributed by atoms with Gasteiger partial charge in [0.05, 0.1) is 12.5 Å². The first kappa shape index (κ1) is 15.5. The van der Waals surface area contributed by atoms with Crippen LogP contribution in [0.25, 0.3) is 0 Å². The molecule has 1 saturated heterocycles. The molecule has 4 nitrogen and oxygen atoms in total. The average Bonchev–Trinajstić information content (AvgIpc) is 3.29. The molecule has 2 aliphatic rings. The monoisotopic (exact) mass is 318 g/mol. The maximum Gasteiger partial charge on any atom is 0.229 e. The fourth-order valence-corrected chi connectivity index (χ4v) is 2.88. The molecule has 2 amide bonds. The molecule has 1 atom stereocenters. The van der Waals surface area contributed by atoms with Gasteiger partial charge in [0.1, 0.15) is 0 Å². The summed E-state index contributed by atoms with van der Waals surface area (Å²) in [6.07, 6.45) is 7.23. The smallest absolute Gasteiger partial charge is 0.229 e. The van der Waals surface area contributed by atoms with E-state index in [1.165, 1.54) is 11.0 Å². The maximum absolute atomic E-state index is 13.3. The van der Waals surface area contributed by atoms with Crippen molar-refractivity contribution in [3.05, 3.63) is 29.8 Å². The van der Waals surface area contributed by atoms with Crippen molar-refractivity contribution in [1.82, 2.24) is 4.90 Å². The van der Waals surface area contributed by atoms with Crippen molar-refractivity contribution < 1.29 is 18.4 Å². The lowest BCUT2D eigenvalue weighted by atomic mass is 10.1. The van der Waals surface area contributed by atoms with Crippen LogP contribution in [0.1, 0.15) is 19.3 Å². The van der Waals surface area contributed by atoms with Gasteiger partial charge in [-0.25, -0.2) is 8.78 Å². The highest BCUT2D eigenvalue weighted by Crippen LogP contribution is 2.32. The van der Waals surface area contributed by atoms with E-state index in [9.17, 15) is 18.4 Å². The molecule has 0 radical (unpaired) electrons. The fourth-order valence-electron chi connectivity index (χ4n) is 2.88. The van der Waals surface area contributed by atoms with Crippen LogP contribution in [0.15, 0.2) is 18.2 Å². The number of nitrogens with zero attached hydrogens (tertiary/aromatic N) is 2. The third kappa shape index (κ3) is 3.04. The number of benzene rings is 1. The highest BCUT2D eigenvalue weighted by atomic mass is 19.2. The van der Waals surface area contributed by atoms with Gasteiger partial charge < -0.3 is 9.80 Å². The topological polar surface area (TPSA) is 40.6 Å². The van der Waals surface area contributed by atoms with Gasteiger partial charge in [-0.15, -0.1) is 6.42 Å². The van der Waals surface area contributed by atoms with Crippen molar-refractivity contribution in [2.24, 2.45) is 5.92 Å². The minimum Gasteiger partial charge on any atom is -0.328 e. The number of carbonyl (C=O) groups is 2. The molecular weight excluding hydrogens is 302 g/mol. The normalized spacial score (nSPS) is 20.5. The van der Waals surface area contributed by atoms with Gasteiger partial charge in [-0.2, -0.15) is 0 Å². The van der Waals surface area contributed by atoms with Gasteiger partial charge in [-0.1, -0.05) is 5.92 Å². The molecule has 1 aliphatic carbocycles. The SMILES string of the molecule is C#CCN(C(=O)[C@H]1CC(=O)N(c2ccc(F)c(F)c2)C1)C1CC1. The summed E-state index contributed by atoms with van der Waals surface area (Å²) in [4.78, 5) is 27.7. The standard InChI is InChI=1S/C17H16F2N2O2/c1-2-7-20(12-3-4-12)17(23)11-8-16(22)21(10-11)13-5-6-14(18)15(19)9-13/h1,5-6,9,11-12H,3-4,7-8,10H2/t11-/m0/s1. The first-order chi connectivity index (χ1) is 11.0. The van der Waals surface area contributed by atoms with Gasteiger partial charge in [0.25, 0.3) is 0 Å². The van der Waals surface area contributed by atoms with E-state index in [2.05, 4.69) is 5.92 Å². The van der Waals surface area contributed by atoms with E-state index < -0.39 is 17.6 Å². The largest absolute Gasteiger partial charge is 0.328 e. The molecule has 0 bridgehead atoms. The molecule has 1 saturated carbocycles. The van der Waals surface area contributed by atoms with Crippen LogP contribution in [0.4, 0.5) is 14.5 Å². The van der Waals surface area contributed by atoms with Gasteiger partial charge in [-0.3, -0.25) is 9.59 Å². The predicted molar refractivity (Wildman–Crippen MR) is 80.4 cm³/mol. The van der Waals surface area contributed by atoms with Crippen molar-refractivity contribution in [3.8, 4) is 12.3 Å². The van der Waals surface area contributed by atoms with Crippen molar-refractivity contribution in [3.63, 3.8) is 0 Å². The Balaban J connectivity index is 1.75. The molecule has 3 rings (SSSR count). The first-order valence-corrected chi connectivity index (χ1v) is 7.50. The molecule has 0 N–H and O–H groups in total. The molecule has 1 aromatic rings. The molecule has 2 fully saturated rings. The molecule has 120 valence electrons. The Morgan fingerprint density at radius 1 is 1.35 bits per heavy atom. The number of hydrogen-bond donors (Lipinski definition) is 0. The lowest BCUT2D eigenvalue weighted by Gasteiger charge is -2.23. The van der Waals surface area contributed by atoms with E-state index in [4.69, 9.17) is 6.42 Å². The average molecular weight is 318 g/mol. The van der Waals surface area contributed by atoms with E-state index >= 15 is 0 Å². The molecule has 1 aromatic carbocycles. The molecule has 0 spiro atoms. The van der Waals surface area contributed by atoms with E-state index in [1.54, 1.807) is 4.90 Å². The second kappa shape index (κ2) is 5.99. The van der Waals surface area contributed by atoms with Crippen molar-refractivity contribution >= 4 is 17.5 Å². The van der Waals surface area contributed by atoms with Crippen LogP contribution in [-0.2, 0) is 9.59 Å². The van der Waals surface area contributed by atoms with E-state index in [-0.39, 0.29) is 43.1 Å². The van der Waals surface area contributed by atoms with E-state index in [0.717, 1.165) is 25.0 Å². The van der Waals surface area contributed by atoms with Crippen molar-refractivity contribution in [2.45, 2.75) is 25.3 Å². The van der Waals surface area contributed by atoms with Gasteiger partial charge in [0, 0.05) is 30.8 Å². The highest BCUT2D eigenvalue weighted by molar-refractivity contribution is 6.00. The number of amides is 2. The van der Waals surface area contributed by atoms with Gasteiger partial charge in [0.2, 0.25) is 11.8 Å². The summed E-state index contributed by atoms with van der Waals surface area (Å²) in [5.74, 6) is -0.414. The van der Waals surface area contributed by atoms with Crippen molar-refractivity contribution in [2.75, 3.05) is 18.0 Å². The molecule has 1 heterocycles. The van der Waals surface area contributed by atoms with Crippen LogP contribution >= 0.6 is 0 Å². The highest BCUT2D eigenvalue weighted by Gasteiger charge is 2.41. The zero-order valence-corrected chi connectivity index (χ0v) is 12.5. The number of terminal acetylenes is 1. The molecule has 1 aliphatic heterocycles. The third-order valence-corrected chi connectivity index (χ3v) is 4.22.